The third kappa shape index (κ3) is 7.31. The minimum Gasteiger partial charge on any atom is -0.491 e. The SMILES string of the molecule is COCc1ccccc1CN=C(N)Nc1ccc(OC(C)C)cc1.I. The molecule has 0 fully saturated rings. The second kappa shape index (κ2) is 10.9. The van der Waals surface area contributed by atoms with Gasteiger partial charge in [-0.25, -0.2) is 4.99 Å². The summed E-state index contributed by atoms with van der Waals surface area (Å²) in [6.07, 6.45) is 0.155. The molecule has 0 aliphatic carbocycles. The molecule has 2 aromatic rings. The predicted molar refractivity (Wildman–Crippen MR) is 114 cm³/mol. The van der Waals surface area contributed by atoms with Crippen molar-refractivity contribution in [2.75, 3.05) is 12.4 Å². The number of nitrogens with zero attached hydrogens (tertiary/aromatic N) is 1. The molecule has 0 aliphatic heterocycles. The van der Waals surface area contributed by atoms with E-state index in [1.54, 1.807) is 7.11 Å². The lowest BCUT2D eigenvalue weighted by atomic mass is 10.1. The Morgan fingerprint density at radius 1 is 1.08 bits per heavy atom. The van der Waals surface area contributed by atoms with Crippen molar-refractivity contribution in [2.24, 2.45) is 10.7 Å². The number of benzene rings is 2. The average Bonchev–Trinajstić information content (AvgIpc) is 2.56. The Bertz CT molecular complexity index is 673. The molecule has 0 spiro atoms. The first-order chi connectivity index (χ1) is 11.6. The number of nitrogens with one attached hydrogen (secondary N) is 1. The molecule has 136 valence electrons. The number of hydrogen-bond acceptors (Lipinski definition) is 3. The van der Waals surface area contributed by atoms with Crippen LogP contribution in [0, 0.1) is 0 Å². The normalized spacial score (nSPS) is 11.1. The molecule has 0 aromatic heterocycles. The number of halogens is 1. The summed E-state index contributed by atoms with van der Waals surface area (Å²) in [5.41, 5.74) is 9.06. The zero-order valence-corrected chi connectivity index (χ0v) is 17.2. The Balaban J connectivity index is 0.00000312. The van der Waals surface area contributed by atoms with Crippen molar-refractivity contribution in [3.05, 3.63) is 59.7 Å². The van der Waals surface area contributed by atoms with E-state index in [2.05, 4.69) is 10.3 Å². The number of hydrogen-bond donors (Lipinski definition) is 2. The number of ether oxygens (including phenoxy) is 2. The summed E-state index contributed by atoms with van der Waals surface area (Å²) in [6.45, 7) is 5.07. The predicted octanol–water partition coefficient (Wildman–Crippen LogP) is 4.17. The van der Waals surface area contributed by atoms with Crippen LogP contribution < -0.4 is 15.8 Å². The molecule has 0 heterocycles. The Morgan fingerprint density at radius 2 is 1.72 bits per heavy atom. The van der Waals surface area contributed by atoms with Gasteiger partial charge in [0.25, 0.3) is 0 Å². The van der Waals surface area contributed by atoms with Crippen LogP contribution in [0.15, 0.2) is 53.5 Å². The van der Waals surface area contributed by atoms with Crippen LogP contribution in [0.1, 0.15) is 25.0 Å². The summed E-state index contributed by atoms with van der Waals surface area (Å²) in [7, 11) is 1.68. The van der Waals surface area contributed by atoms with Crippen LogP contribution in [0.3, 0.4) is 0 Å². The number of nitrogens with two attached hydrogens (primary N) is 1. The summed E-state index contributed by atoms with van der Waals surface area (Å²) < 4.78 is 10.8. The lowest BCUT2D eigenvalue weighted by molar-refractivity contribution is 0.184. The minimum absolute atomic E-state index is 0. The Morgan fingerprint density at radius 3 is 2.32 bits per heavy atom. The number of guanidine groups is 1. The fourth-order valence-corrected chi connectivity index (χ4v) is 2.25. The van der Waals surface area contributed by atoms with E-state index >= 15 is 0 Å². The maximum absolute atomic E-state index is 5.97. The zero-order chi connectivity index (χ0) is 17.4. The summed E-state index contributed by atoms with van der Waals surface area (Å²) in [6, 6.07) is 15.7. The summed E-state index contributed by atoms with van der Waals surface area (Å²) >= 11 is 0. The quantitative estimate of drug-likeness (QED) is 0.374. The van der Waals surface area contributed by atoms with Gasteiger partial charge in [-0.1, -0.05) is 24.3 Å². The molecule has 0 aliphatic rings. The van der Waals surface area contributed by atoms with Crippen LogP contribution in [0.4, 0.5) is 5.69 Å². The first-order valence-corrected chi connectivity index (χ1v) is 7.98. The van der Waals surface area contributed by atoms with Crippen LogP contribution >= 0.6 is 24.0 Å². The van der Waals surface area contributed by atoms with Gasteiger partial charge >= 0.3 is 0 Å². The van der Waals surface area contributed by atoms with E-state index in [0.29, 0.717) is 19.1 Å². The molecule has 0 bridgehead atoms. The van der Waals surface area contributed by atoms with E-state index in [9.17, 15) is 0 Å². The van der Waals surface area contributed by atoms with Gasteiger partial charge in [-0.15, -0.1) is 24.0 Å². The maximum Gasteiger partial charge on any atom is 0.193 e. The smallest absolute Gasteiger partial charge is 0.193 e. The van der Waals surface area contributed by atoms with Crippen molar-refractivity contribution in [1.29, 1.82) is 0 Å². The number of rotatable bonds is 7. The molecule has 0 unspecified atom stereocenters. The molecule has 2 rings (SSSR count). The molecule has 25 heavy (non-hydrogen) atoms. The topological polar surface area (TPSA) is 68.9 Å². The standard InChI is InChI=1S/C19H25N3O2.HI/c1-14(2)24-18-10-8-17(9-11-18)22-19(20)21-12-15-6-4-5-7-16(15)13-23-3;/h4-11,14H,12-13H2,1-3H3,(H3,20,21,22);1H. The molecule has 2 aromatic carbocycles. The number of methoxy groups -OCH3 is 1. The highest BCUT2D eigenvalue weighted by atomic mass is 127. The summed E-state index contributed by atoms with van der Waals surface area (Å²) in [5.74, 6) is 1.21. The Hall–Kier alpha value is -1.80. The van der Waals surface area contributed by atoms with Gasteiger partial charge in [-0.05, 0) is 49.2 Å². The minimum atomic E-state index is 0. The molecule has 6 heteroatoms. The highest BCUT2D eigenvalue weighted by Gasteiger charge is 2.02. The third-order valence-electron chi connectivity index (χ3n) is 3.34. The molecule has 0 radical (unpaired) electrons. The molecular weight excluding hydrogens is 429 g/mol. The van der Waals surface area contributed by atoms with Crippen molar-refractivity contribution in [2.45, 2.75) is 33.1 Å². The van der Waals surface area contributed by atoms with E-state index < -0.39 is 0 Å². The Kier molecular flexibility index (Phi) is 9.30. The van der Waals surface area contributed by atoms with E-state index in [-0.39, 0.29) is 30.1 Å². The van der Waals surface area contributed by atoms with Crippen LogP contribution in [-0.4, -0.2) is 19.2 Å². The van der Waals surface area contributed by atoms with Crippen LogP contribution in [-0.2, 0) is 17.9 Å². The van der Waals surface area contributed by atoms with Crippen LogP contribution in [0.5, 0.6) is 5.75 Å². The van der Waals surface area contributed by atoms with Crippen molar-refractivity contribution in [3.63, 3.8) is 0 Å². The van der Waals surface area contributed by atoms with Gasteiger partial charge in [-0.3, -0.25) is 0 Å². The lowest BCUT2D eigenvalue weighted by Crippen LogP contribution is -2.22. The van der Waals surface area contributed by atoms with Gasteiger partial charge in [0.05, 0.1) is 19.3 Å². The molecular formula is C19H26IN3O2. The van der Waals surface area contributed by atoms with Crippen molar-refractivity contribution < 1.29 is 9.47 Å². The van der Waals surface area contributed by atoms with Crippen LogP contribution in [0.2, 0.25) is 0 Å². The molecule has 3 N–H and O–H groups in total. The van der Waals surface area contributed by atoms with Crippen molar-refractivity contribution in [3.8, 4) is 5.75 Å². The molecule has 0 atom stereocenters. The first kappa shape index (κ1) is 21.2. The van der Waals surface area contributed by atoms with Crippen LogP contribution in [0.25, 0.3) is 0 Å². The van der Waals surface area contributed by atoms with Gasteiger partial charge in [0.2, 0.25) is 0 Å². The van der Waals surface area contributed by atoms with Crippen molar-refractivity contribution in [1.82, 2.24) is 0 Å². The van der Waals surface area contributed by atoms with E-state index in [0.717, 1.165) is 22.6 Å². The molecule has 0 saturated heterocycles. The monoisotopic (exact) mass is 455 g/mol. The van der Waals surface area contributed by atoms with E-state index in [1.807, 2.05) is 62.4 Å². The average molecular weight is 455 g/mol. The largest absolute Gasteiger partial charge is 0.491 e. The highest BCUT2D eigenvalue weighted by molar-refractivity contribution is 14.0. The first-order valence-electron chi connectivity index (χ1n) is 7.98. The number of anilines is 1. The molecule has 5 nitrogen and oxygen atoms in total. The second-order valence-electron chi connectivity index (χ2n) is 5.72. The third-order valence-corrected chi connectivity index (χ3v) is 3.34. The number of aliphatic imine (C=N–C) groups is 1. The summed E-state index contributed by atoms with van der Waals surface area (Å²) in [4.78, 5) is 4.40. The maximum atomic E-state index is 5.97. The molecule has 0 saturated carbocycles. The fraction of sp³-hybridized carbons (Fsp3) is 0.316. The van der Waals surface area contributed by atoms with Gasteiger partial charge in [-0.2, -0.15) is 0 Å². The van der Waals surface area contributed by atoms with Gasteiger partial charge in [0.15, 0.2) is 5.96 Å². The highest BCUT2D eigenvalue weighted by Crippen LogP contribution is 2.17. The molecule has 0 amide bonds. The summed E-state index contributed by atoms with van der Waals surface area (Å²) in [5, 5.41) is 3.09. The lowest BCUT2D eigenvalue weighted by Gasteiger charge is -2.11. The second-order valence-corrected chi connectivity index (χ2v) is 5.72. The van der Waals surface area contributed by atoms with Gasteiger partial charge in [0, 0.05) is 12.8 Å². The van der Waals surface area contributed by atoms with E-state index in [1.165, 1.54) is 0 Å². The van der Waals surface area contributed by atoms with Gasteiger partial charge < -0.3 is 20.5 Å². The van der Waals surface area contributed by atoms with Gasteiger partial charge in [0.1, 0.15) is 5.75 Å². The fourth-order valence-electron chi connectivity index (χ4n) is 2.25. The Labute approximate surface area is 166 Å². The van der Waals surface area contributed by atoms with E-state index in [4.69, 9.17) is 15.2 Å². The van der Waals surface area contributed by atoms with Crippen molar-refractivity contribution >= 4 is 35.6 Å². The zero-order valence-electron chi connectivity index (χ0n) is 14.9.